The minimum absolute atomic E-state index is 0.0207. The molecule has 5 heteroatoms. The summed E-state index contributed by atoms with van der Waals surface area (Å²) in [6, 6.07) is 8.53. The van der Waals surface area contributed by atoms with Crippen LogP contribution in [0.15, 0.2) is 30.3 Å². The number of carbonyl (C=O) groups excluding carboxylic acids is 2. The van der Waals surface area contributed by atoms with E-state index >= 15 is 0 Å². The Morgan fingerprint density at radius 2 is 1.95 bits per heavy atom. The van der Waals surface area contributed by atoms with Gasteiger partial charge in [0.15, 0.2) is 0 Å². The Bertz CT molecular complexity index is 545. The van der Waals surface area contributed by atoms with Gasteiger partial charge >= 0.3 is 5.97 Å². The van der Waals surface area contributed by atoms with Crippen LogP contribution < -0.4 is 0 Å². The number of benzene rings is 1. The van der Waals surface area contributed by atoms with Crippen molar-refractivity contribution in [1.29, 1.82) is 0 Å². The predicted molar refractivity (Wildman–Crippen MR) is 83.9 cm³/mol. The van der Waals surface area contributed by atoms with Crippen molar-refractivity contribution in [2.45, 2.75) is 51.4 Å². The average molecular weight is 325 g/mol. The Hall–Kier alpha value is -1.39. The van der Waals surface area contributed by atoms with Crippen molar-refractivity contribution in [1.82, 2.24) is 0 Å². The van der Waals surface area contributed by atoms with E-state index in [9.17, 15) is 9.59 Å². The van der Waals surface area contributed by atoms with Gasteiger partial charge < -0.3 is 9.47 Å². The number of halogens is 1. The first-order valence-electron chi connectivity index (χ1n) is 7.46. The number of carbonyl (C=O) groups is 2. The lowest BCUT2D eigenvalue weighted by molar-refractivity contribution is -0.184. The first kappa shape index (κ1) is 17.0. The third-order valence-corrected chi connectivity index (χ3v) is 4.55. The van der Waals surface area contributed by atoms with Crippen LogP contribution in [0.3, 0.4) is 0 Å². The molecule has 120 valence electrons. The van der Waals surface area contributed by atoms with E-state index in [1.807, 2.05) is 6.92 Å². The van der Waals surface area contributed by atoms with Crippen LogP contribution in [0.1, 0.15) is 44.0 Å². The molecule has 1 heterocycles. The van der Waals surface area contributed by atoms with Gasteiger partial charge in [0.2, 0.25) is 6.10 Å². The van der Waals surface area contributed by atoms with E-state index in [2.05, 4.69) is 6.92 Å². The van der Waals surface area contributed by atoms with Gasteiger partial charge in [0.05, 0.1) is 11.7 Å². The number of ether oxygens (including phenoxy) is 2. The number of esters is 1. The quantitative estimate of drug-likeness (QED) is 0.627. The molecule has 0 saturated carbocycles. The summed E-state index contributed by atoms with van der Waals surface area (Å²) in [6.07, 6.45) is 0.370. The predicted octanol–water partition coefficient (Wildman–Crippen LogP) is 3.57. The molecule has 0 unspecified atom stereocenters. The molecule has 4 nitrogen and oxygen atoms in total. The SMILES string of the molecule is C[C@@H]1CC[C@](C)([C@H](OC(=O)c2ccccc2)C(=O)Cl)O[C@@H]1C. The van der Waals surface area contributed by atoms with E-state index in [1.165, 1.54) is 0 Å². The van der Waals surface area contributed by atoms with Gasteiger partial charge in [-0.2, -0.15) is 0 Å². The molecule has 1 fully saturated rings. The Morgan fingerprint density at radius 3 is 2.50 bits per heavy atom. The zero-order valence-electron chi connectivity index (χ0n) is 13.0. The van der Waals surface area contributed by atoms with Crippen LogP contribution in [-0.2, 0) is 14.3 Å². The zero-order valence-corrected chi connectivity index (χ0v) is 13.8. The lowest BCUT2D eigenvalue weighted by Crippen LogP contribution is -2.53. The molecule has 0 amide bonds. The molecule has 1 aromatic carbocycles. The van der Waals surface area contributed by atoms with Crippen LogP contribution in [0.5, 0.6) is 0 Å². The molecular formula is C17H21ClO4. The number of hydrogen-bond donors (Lipinski definition) is 0. The van der Waals surface area contributed by atoms with Crippen molar-refractivity contribution < 1.29 is 19.1 Å². The van der Waals surface area contributed by atoms with Crippen molar-refractivity contribution in [3.05, 3.63) is 35.9 Å². The van der Waals surface area contributed by atoms with Crippen molar-refractivity contribution >= 4 is 22.8 Å². The molecule has 0 aromatic heterocycles. The highest BCUT2D eigenvalue weighted by molar-refractivity contribution is 6.64. The largest absolute Gasteiger partial charge is 0.446 e. The van der Waals surface area contributed by atoms with Gasteiger partial charge in [-0.25, -0.2) is 4.79 Å². The molecule has 2 rings (SSSR count). The van der Waals surface area contributed by atoms with Gasteiger partial charge in [-0.1, -0.05) is 25.1 Å². The Balaban J connectivity index is 2.17. The van der Waals surface area contributed by atoms with Gasteiger partial charge in [0, 0.05) is 0 Å². The molecule has 0 aliphatic carbocycles. The highest BCUT2D eigenvalue weighted by Gasteiger charge is 2.46. The fourth-order valence-electron chi connectivity index (χ4n) is 2.70. The summed E-state index contributed by atoms with van der Waals surface area (Å²) in [6.45, 7) is 5.83. The summed E-state index contributed by atoms with van der Waals surface area (Å²) in [5, 5.41) is -0.714. The summed E-state index contributed by atoms with van der Waals surface area (Å²) in [7, 11) is 0. The molecule has 1 aromatic rings. The molecule has 1 saturated heterocycles. The van der Waals surface area contributed by atoms with Crippen molar-refractivity contribution in [2.24, 2.45) is 5.92 Å². The van der Waals surface area contributed by atoms with Crippen LogP contribution >= 0.6 is 11.6 Å². The summed E-state index contributed by atoms with van der Waals surface area (Å²) in [4.78, 5) is 24.0. The minimum Gasteiger partial charge on any atom is -0.446 e. The molecule has 4 atom stereocenters. The topological polar surface area (TPSA) is 52.6 Å². The Morgan fingerprint density at radius 1 is 1.32 bits per heavy atom. The second-order valence-corrected chi connectivity index (χ2v) is 6.48. The second kappa shape index (κ2) is 6.80. The lowest BCUT2D eigenvalue weighted by atomic mass is 9.84. The van der Waals surface area contributed by atoms with Gasteiger partial charge in [0.25, 0.3) is 5.24 Å². The van der Waals surface area contributed by atoms with Gasteiger partial charge in [-0.15, -0.1) is 0 Å². The van der Waals surface area contributed by atoms with Crippen LogP contribution in [0, 0.1) is 5.92 Å². The summed E-state index contributed by atoms with van der Waals surface area (Å²) < 4.78 is 11.3. The van der Waals surface area contributed by atoms with Gasteiger partial charge in [0.1, 0.15) is 5.60 Å². The summed E-state index contributed by atoms with van der Waals surface area (Å²) >= 11 is 5.69. The molecule has 0 bridgehead atoms. The molecule has 0 radical (unpaired) electrons. The Kier molecular flexibility index (Phi) is 5.24. The smallest absolute Gasteiger partial charge is 0.338 e. The highest BCUT2D eigenvalue weighted by Crippen LogP contribution is 2.36. The Labute approximate surface area is 135 Å². The molecule has 0 N–H and O–H groups in total. The maximum atomic E-state index is 12.2. The second-order valence-electron chi connectivity index (χ2n) is 6.11. The first-order valence-corrected chi connectivity index (χ1v) is 7.84. The van der Waals surface area contributed by atoms with Crippen molar-refractivity contribution in [3.63, 3.8) is 0 Å². The van der Waals surface area contributed by atoms with Gasteiger partial charge in [-0.05, 0) is 56.3 Å². The van der Waals surface area contributed by atoms with E-state index in [0.717, 1.165) is 6.42 Å². The molecule has 0 spiro atoms. The first-order chi connectivity index (χ1) is 10.3. The maximum Gasteiger partial charge on any atom is 0.338 e. The zero-order chi connectivity index (χ0) is 16.3. The van der Waals surface area contributed by atoms with Gasteiger partial charge in [-0.3, -0.25) is 4.79 Å². The fourth-order valence-corrected chi connectivity index (χ4v) is 2.98. The monoisotopic (exact) mass is 324 g/mol. The van der Waals surface area contributed by atoms with E-state index < -0.39 is 22.9 Å². The van der Waals surface area contributed by atoms with Crippen LogP contribution in [0.4, 0.5) is 0 Å². The van der Waals surface area contributed by atoms with Crippen LogP contribution in [0.25, 0.3) is 0 Å². The third-order valence-electron chi connectivity index (χ3n) is 4.35. The number of rotatable bonds is 4. The van der Waals surface area contributed by atoms with E-state index in [4.69, 9.17) is 21.1 Å². The fraction of sp³-hybridized carbons (Fsp3) is 0.529. The molecule has 1 aliphatic heterocycles. The lowest BCUT2D eigenvalue weighted by Gasteiger charge is -2.43. The normalized spacial score (nSPS) is 29.6. The van der Waals surface area contributed by atoms with Crippen molar-refractivity contribution in [3.8, 4) is 0 Å². The highest BCUT2D eigenvalue weighted by atomic mass is 35.5. The molecule has 22 heavy (non-hydrogen) atoms. The van der Waals surface area contributed by atoms with E-state index in [0.29, 0.717) is 17.9 Å². The average Bonchev–Trinajstić information content (AvgIpc) is 2.49. The maximum absolute atomic E-state index is 12.2. The van der Waals surface area contributed by atoms with E-state index in [1.54, 1.807) is 37.3 Å². The van der Waals surface area contributed by atoms with Crippen LogP contribution in [0.2, 0.25) is 0 Å². The third kappa shape index (κ3) is 3.68. The summed E-state index contributed by atoms with van der Waals surface area (Å²) in [5.74, 6) is -0.181. The van der Waals surface area contributed by atoms with E-state index in [-0.39, 0.29) is 6.10 Å². The number of hydrogen-bond acceptors (Lipinski definition) is 4. The summed E-state index contributed by atoms with van der Waals surface area (Å²) in [5.41, 5.74) is -0.513. The molecular weight excluding hydrogens is 304 g/mol. The van der Waals surface area contributed by atoms with Crippen molar-refractivity contribution in [2.75, 3.05) is 0 Å². The minimum atomic E-state index is -1.11. The molecule has 1 aliphatic rings. The standard InChI is InChI=1S/C17H21ClO4/c1-11-9-10-17(3,22-12(11)2)14(15(18)19)21-16(20)13-7-5-4-6-8-13/h4-8,11-12,14H,9-10H2,1-3H3/t11-,12-,14-,17-/m1/s1. The van der Waals surface area contributed by atoms with Crippen LogP contribution in [-0.4, -0.2) is 29.0 Å².